The van der Waals surface area contributed by atoms with Gasteiger partial charge in [0.05, 0.1) is 17.2 Å². The van der Waals surface area contributed by atoms with Crippen LogP contribution in [0.25, 0.3) is 11.1 Å². The SMILES string of the molecule is CCCCN1N=C(C)C(C(=O)OCC)=S1Cc1ccc(-c2ccccc2S(=O)(=O)NS(=O)(=O)N(C)C)cc1. The van der Waals surface area contributed by atoms with Gasteiger partial charge in [0.1, 0.15) is 4.86 Å². The van der Waals surface area contributed by atoms with Crippen LogP contribution in [0.4, 0.5) is 0 Å². The number of rotatable bonds is 12. The molecule has 3 rings (SSSR count). The van der Waals surface area contributed by atoms with Gasteiger partial charge in [-0.1, -0.05) is 70.6 Å². The van der Waals surface area contributed by atoms with Crippen LogP contribution in [0.15, 0.2) is 58.5 Å². The second-order valence-electron chi connectivity index (χ2n) is 8.74. The highest BCUT2D eigenvalue weighted by molar-refractivity contribution is 8.15. The molecule has 1 heterocycles. The zero-order chi connectivity index (χ0) is 28.1. The maximum absolute atomic E-state index is 13.0. The molecule has 10 nitrogen and oxygen atoms in total. The Labute approximate surface area is 228 Å². The monoisotopic (exact) mass is 582 g/mol. The molecular weight excluding hydrogens is 548 g/mol. The number of carbonyl (C=O) groups is 1. The Bertz CT molecular complexity index is 1450. The molecule has 0 saturated heterocycles. The molecule has 38 heavy (non-hydrogen) atoms. The van der Waals surface area contributed by atoms with Gasteiger partial charge in [-0.3, -0.25) is 0 Å². The third-order valence-electron chi connectivity index (χ3n) is 5.68. The summed E-state index contributed by atoms with van der Waals surface area (Å²) in [5.41, 5.74) is 2.58. The molecule has 1 unspecified atom stereocenters. The molecular formula is C25H34N4O6S3. The fourth-order valence-electron chi connectivity index (χ4n) is 3.71. The van der Waals surface area contributed by atoms with E-state index >= 15 is 0 Å². The van der Waals surface area contributed by atoms with Gasteiger partial charge in [-0.05, 0) is 37.5 Å². The highest BCUT2D eigenvalue weighted by atomic mass is 32.3. The molecule has 1 N–H and O–H groups in total. The van der Waals surface area contributed by atoms with Crippen LogP contribution in [0.5, 0.6) is 0 Å². The topological polar surface area (TPSA) is 125 Å². The first kappa shape index (κ1) is 30.0. The molecule has 2 aromatic rings. The van der Waals surface area contributed by atoms with Gasteiger partial charge in [-0.2, -0.15) is 17.8 Å². The van der Waals surface area contributed by atoms with E-state index in [0.29, 0.717) is 27.5 Å². The van der Waals surface area contributed by atoms with Crippen LogP contribution in [0.1, 0.15) is 39.2 Å². The van der Waals surface area contributed by atoms with Gasteiger partial charge in [0.15, 0.2) is 0 Å². The highest BCUT2D eigenvalue weighted by Crippen LogP contribution is 2.35. The van der Waals surface area contributed by atoms with Crippen molar-refractivity contribution in [1.82, 2.24) is 12.8 Å². The van der Waals surface area contributed by atoms with Crippen LogP contribution in [-0.2, 0) is 35.5 Å². The smallest absolute Gasteiger partial charge is 0.347 e. The number of nitrogens with zero attached hydrogens (tertiary/aromatic N) is 3. The molecule has 0 fully saturated rings. The van der Waals surface area contributed by atoms with E-state index in [1.807, 2.05) is 23.5 Å². The standard InChI is InChI=1S/C25H34N4O6S3/c1-6-8-17-29-26-19(3)24(25(30)35-7-2)36(29)18-20-13-15-21(16-14-20)22-11-9-10-12-23(22)37(31,32)27-38(33,34)28(4)5/h9-16,27H,6-8,17-18H2,1-5H3. The molecule has 1 atom stereocenters. The fraction of sp³-hybridized carbons (Fsp3) is 0.400. The van der Waals surface area contributed by atoms with Gasteiger partial charge in [0.25, 0.3) is 20.2 Å². The molecule has 0 bridgehead atoms. The summed E-state index contributed by atoms with van der Waals surface area (Å²) >= 11 is 0. The summed E-state index contributed by atoms with van der Waals surface area (Å²) in [7, 11) is -6.71. The number of hydrogen-bond donors (Lipinski definition) is 1. The minimum atomic E-state index is -4.37. The minimum Gasteiger partial charge on any atom is -0.462 e. The lowest BCUT2D eigenvalue weighted by molar-refractivity contribution is -0.134. The van der Waals surface area contributed by atoms with Gasteiger partial charge >= 0.3 is 5.97 Å². The second kappa shape index (κ2) is 12.5. The van der Waals surface area contributed by atoms with Crippen molar-refractivity contribution < 1.29 is 26.4 Å². The Balaban J connectivity index is 1.94. The summed E-state index contributed by atoms with van der Waals surface area (Å²) in [6.07, 6.45) is 1.94. The number of hydrogen-bond acceptors (Lipinski definition) is 8. The number of esters is 1. The highest BCUT2D eigenvalue weighted by Gasteiger charge is 2.29. The number of hydrazone groups is 1. The number of benzene rings is 2. The fourth-order valence-corrected chi connectivity index (χ4v) is 8.73. The molecule has 0 radical (unpaired) electrons. The lowest BCUT2D eigenvalue weighted by Gasteiger charge is -2.20. The predicted molar refractivity (Wildman–Crippen MR) is 152 cm³/mol. The van der Waals surface area contributed by atoms with E-state index in [2.05, 4.69) is 12.0 Å². The first-order valence-corrected chi connectivity index (χ1v) is 16.4. The zero-order valence-corrected chi connectivity index (χ0v) is 24.6. The Morgan fingerprint density at radius 3 is 2.32 bits per heavy atom. The lowest BCUT2D eigenvalue weighted by atomic mass is 10.0. The Morgan fingerprint density at radius 1 is 1.05 bits per heavy atom. The van der Waals surface area contributed by atoms with Crippen LogP contribution in [-0.4, -0.2) is 69.3 Å². The third kappa shape index (κ3) is 6.89. The molecule has 2 aromatic carbocycles. The lowest BCUT2D eigenvalue weighted by Crippen LogP contribution is -2.39. The van der Waals surface area contributed by atoms with Gasteiger partial charge in [0, 0.05) is 32.0 Å². The van der Waals surface area contributed by atoms with Crippen LogP contribution < -0.4 is 4.13 Å². The summed E-state index contributed by atoms with van der Waals surface area (Å²) in [6, 6.07) is 13.6. The molecule has 0 amide bonds. The Morgan fingerprint density at radius 2 is 1.71 bits per heavy atom. The van der Waals surface area contributed by atoms with Crippen molar-refractivity contribution in [1.29, 1.82) is 0 Å². The minimum absolute atomic E-state index is 0.150. The van der Waals surface area contributed by atoms with Crippen molar-refractivity contribution >= 4 is 47.4 Å². The van der Waals surface area contributed by atoms with Gasteiger partial charge in [0.2, 0.25) is 0 Å². The molecule has 1 aliphatic rings. The van der Waals surface area contributed by atoms with Crippen molar-refractivity contribution in [2.45, 2.75) is 44.3 Å². The third-order valence-corrected chi connectivity index (χ3v) is 11.6. The second-order valence-corrected chi connectivity index (χ2v) is 14.4. The van der Waals surface area contributed by atoms with Crippen molar-refractivity contribution in [3.63, 3.8) is 0 Å². The maximum atomic E-state index is 13.0. The average Bonchev–Trinajstić information content (AvgIpc) is 3.17. The number of nitrogens with one attached hydrogen (secondary N) is 1. The van der Waals surface area contributed by atoms with E-state index in [1.165, 1.54) is 26.2 Å². The Hall–Kier alpha value is -2.58. The van der Waals surface area contributed by atoms with Crippen LogP contribution in [0.2, 0.25) is 0 Å². The predicted octanol–water partition coefficient (Wildman–Crippen LogP) is 3.35. The van der Waals surface area contributed by atoms with E-state index in [1.54, 1.807) is 35.3 Å². The molecule has 208 valence electrons. The maximum Gasteiger partial charge on any atom is 0.347 e. The van der Waals surface area contributed by atoms with E-state index < -0.39 is 30.9 Å². The van der Waals surface area contributed by atoms with Gasteiger partial charge < -0.3 is 4.74 Å². The Kier molecular flexibility index (Phi) is 9.87. The number of carbonyl (C=O) groups excluding carboxylic acids is 1. The number of unbranched alkanes of at least 4 members (excludes halogenated alkanes) is 1. The van der Waals surface area contributed by atoms with Crippen molar-refractivity contribution in [3.05, 3.63) is 54.1 Å². The molecule has 13 heteroatoms. The van der Waals surface area contributed by atoms with E-state index in [9.17, 15) is 21.6 Å². The summed E-state index contributed by atoms with van der Waals surface area (Å²) in [5, 5.41) is 4.63. The normalized spacial score (nSPS) is 16.2. The van der Waals surface area contributed by atoms with E-state index in [0.717, 1.165) is 29.3 Å². The quantitative estimate of drug-likeness (QED) is 0.301. The molecule has 0 spiro atoms. The molecule has 1 aliphatic heterocycles. The van der Waals surface area contributed by atoms with Crippen LogP contribution in [0, 0.1) is 0 Å². The van der Waals surface area contributed by atoms with Crippen LogP contribution >= 0.6 is 10.7 Å². The van der Waals surface area contributed by atoms with Crippen molar-refractivity contribution in [2.75, 3.05) is 27.2 Å². The summed E-state index contributed by atoms with van der Waals surface area (Å²) < 4.78 is 60.2. The van der Waals surface area contributed by atoms with E-state index in [4.69, 9.17) is 4.74 Å². The number of sulfonamides is 1. The molecule has 0 aromatic heterocycles. The summed E-state index contributed by atoms with van der Waals surface area (Å²) in [6.45, 7) is 6.71. The largest absolute Gasteiger partial charge is 0.462 e. The number of ether oxygens (including phenoxy) is 1. The van der Waals surface area contributed by atoms with Crippen molar-refractivity contribution in [2.24, 2.45) is 5.10 Å². The first-order valence-electron chi connectivity index (χ1n) is 12.1. The van der Waals surface area contributed by atoms with Crippen LogP contribution in [0.3, 0.4) is 0 Å². The van der Waals surface area contributed by atoms with Gasteiger partial charge in [-0.15, -0.1) is 0 Å². The van der Waals surface area contributed by atoms with E-state index in [-0.39, 0.29) is 17.5 Å². The van der Waals surface area contributed by atoms with Gasteiger partial charge in [-0.25, -0.2) is 17.6 Å². The van der Waals surface area contributed by atoms with Crippen molar-refractivity contribution in [3.8, 4) is 11.1 Å². The summed E-state index contributed by atoms with van der Waals surface area (Å²) in [4.78, 5) is 13.1. The zero-order valence-electron chi connectivity index (χ0n) is 22.2. The molecule has 0 saturated carbocycles. The average molecular weight is 583 g/mol. The first-order chi connectivity index (χ1) is 17.9. The summed E-state index contributed by atoms with van der Waals surface area (Å²) in [5.74, 6) is 0.189. The molecule has 0 aliphatic carbocycles.